The number of ether oxygens (including phenoxy) is 1. The van der Waals surface area contributed by atoms with Crippen molar-refractivity contribution in [1.29, 1.82) is 0 Å². The first-order chi connectivity index (χ1) is 15.4. The van der Waals surface area contributed by atoms with E-state index in [-0.39, 0.29) is 18.4 Å². The van der Waals surface area contributed by atoms with Crippen LogP contribution in [-0.4, -0.2) is 27.9 Å². The van der Waals surface area contributed by atoms with Crippen molar-refractivity contribution >= 4 is 23.3 Å². The highest BCUT2D eigenvalue weighted by Crippen LogP contribution is 2.43. The van der Waals surface area contributed by atoms with Gasteiger partial charge in [-0.25, -0.2) is 0 Å². The second kappa shape index (κ2) is 9.78. The third-order valence-corrected chi connectivity index (χ3v) is 7.39. The highest BCUT2D eigenvalue weighted by Gasteiger charge is 2.26. The molecule has 0 saturated carbocycles. The van der Waals surface area contributed by atoms with Gasteiger partial charge in [-0.2, -0.15) is 0 Å². The number of aromatic nitrogens is 1. The Kier molecular flexibility index (Phi) is 6.85. The van der Waals surface area contributed by atoms with Crippen LogP contribution in [0.5, 0.6) is 5.75 Å². The molecule has 2 heterocycles. The molecule has 1 aliphatic carbocycles. The van der Waals surface area contributed by atoms with Crippen LogP contribution in [0.25, 0.3) is 5.57 Å². The Morgan fingerprint density at radius 2 is 2.16 bits per heavy atom. The summed E-state index contributed by atoms with van der Waals surface area (Å²) >= 11 is 1.72. The summed E-state index contributed by atoms with van der Waals surface area (Å²) in [5.74, 6) is 1.01. The molecule has 0 amide bonds. The molecule has 0 radical (unpaired) electrons. The normalized spacial score (nSPS) is 21.7. The van der Waals surface area contributed by atoms with E-state index in [1.165, 1.54) is 11.1 Å². The fraction of sp³-hybridized carbons (Fsp3) is 0.333. The predicted molar refractivity (Wildman–Crippen MR) is 130 cm³/mol. The highest BCUT2D eigenvalue weighted by molar-refractivity contribution is 7.99. The maximum Gasteiger partial charge on any atom is 0.303 e. The Morgan fingerprint density at radius 1 is 1.31 bits per heavy atom. The van der Waals surface area contributed by atoms with E-state index >= 15 is 0 Å². The molecule has 166 valence electrons. The summed E-state index contributed by atoms with van der Waals surface area (Å²) in [4.78, 5) is 16.7. The van der Waals surface area contributed by atoms with Crippen molar-refractivity contribution in [3.63, 3.8) is 0 Å². The van der Waals surface area contributed by atoms with Crippen LogP contribution in [0.4, 0.5) is 0 Å². The quantitative estimate of drug-likeness (QED) is 0.568. The van der Waals surface area contributed by atoms with Gasteiger partial charge >= 0.3 is 5.97 Å². The number of allylic oxidation sites excluding steroid dienone is 4. The van der Waals surface area contributed by atoms with E-state index < -0.39 is 5.97 Å². The molecule has 4 rings (SSSR count). The lowest BCUT2D eigenvalue weighted by Gasteiger charge is -2.20. The molecule has 32 heavy (non-hydrogen) atoms. The highest BCUT2D eigenvalue weighted by atomic mass is 32.2. The molecule has 2 atom stereocenters. The molecule has 0 bridgehead atoms. The Hall–Kier alpha value is -2.79. The van der Waals surface area contributed by atoms with Gasteiger partial charge in [-0.15, -0.1) is 11.8 Å². The van der Waals surface area contributed by atoms with Crippen molar-refractivity contribution in [3.8, 4) is 5.75 Å². The number of thioether (sulfide) groups is 1. The number of fused-ring (bicyclic) bond motifs is 1. The number of nitrogens with zero attached hydrogens (tertiary/aromatic N) is 1. The molecule has 1 aromatic carbocycles. The van der Waals surface area contributed by atoms with Crippen LogP contribution in [0.2, 0.25) is 0 Å². The van der Waals surface area contributed by atoms with Gasteiger partial charge in [0.05, 0.1) is 6.42 Å². The van der Waals surface area contributed by atoms with Gasteiger partial charge < -0.3 is 9.84 Å². The van der Waals surface area contributed by atoms with Gasteiger partial charge in [-0.3, -0.25) is 9.78 Å². The number of carboxylic acids is 1. The second-order valence-corrected chi connectivity index (χ2v) is 9.58. The summed E-state index contributed by atoms with van der Waals surface area (Å²) in [5.41, 5.74) is 6.79. The SMILES string of the molecule is C=C1CCC(Oc2ccc3c(c2)SC[C@H]3CC(=O)O)C/C=C\C=C1c1c(C)ccnc1C. The summed E-state index contributed by atoms with van der Waals surface area (Å²) in [6.07, 6.45) is 11.1. The van der Waals surface area contributed by atoms with Crippen molar-refractivity contribution < 1.29 is 14.6 Å². The average molecular weight is 448 g/mol. The van der Waals surface area contributed by atoms with Crippen LogP contribution < -0.4 is 4.74 Å². The monoisotopic (exact) mass is 447 g/mol. The van der Waals surface area contributed by atoms with E-state index in [9.17, 15) is 4.79 Å². The number of hydrogen-bond acceptors (Lipinski definition) is 4. The van der Waals surface area contributed by atoms with Gasteiger partial charge in [0.1, 0.15) is 11.9 Å². The van der Waals surface area contributed by atoms with Crippen LogP contribution in [0.1, 0.15) is 54.0 Å². The number of carbonyl (C=O) groups is 1. The van der Waals surface area contributed by atoms with E-state index in [4.69, 9.17) is 9.84 Å². The minimum absolute atomic E-state index is 0.0612. The van der Waals surface area contributed by atoms with E-state index in [0.717, 1.165) is 58.1 Å². The number of carboxylic acid groups (broad SMARTS) is 1. The van der Waals surface area contributed by atoms with Crippen LogP contribution >= 0.6 is 11.8 Å². The Balaban J connectivity index is 1.45. The standard InChI is InChI=1S/C27H29NO3S/c1-17-8-9-21(6-4-5-7-23(17)27-18(2)12-13-28-19(27)3)31-22-10-11-24-20(14-26(29)30)16-32-25(24)15-22/h4-5,7,10-13,15,20-21H,1,6,8-9,14,16H2,2-3H3,(H,29,30)/b5-4-,23-7?/t20-,21?/m1/s1. The number of benzene rings is 1. The van der Waals surface area contributed by atoms with Gasteiger partial charge in [0.15, 0.2) is 0 Å². The molecule has 1 N–H and O–H groups in total. The lowest BCUT2D eigenvalue weighted by atomic mass is 9.91. The molecular weight excluding hydrogens is 418 g/mol. The number of hydrogen-bond donors (Lipinski definition) is 1. The summed E-state index contributed by atoms with van der Waals surface area (Å²) in [6, 6.07) is 8.14. The Labute approximate surface area is 194 Å². The Morgan fingerprint density at radius 3 is 2.94 bits per heavy atom. The molecule has 1 unspecified atom stereocenters. The van der Waals surface area contributed by atoms with Crippen molar-refractivity contribution in [2.24, 2.45) is 0 Å². The summed E-state index contributed by atoms with van der Waals surface area (Å²) < 4.78 is 6.37. The molecule has 4 nitrogen and oxygen atoms in total. The number of aryl methyl sites for hydroxylation is 2. The zero-order chi connectivity index (χ0) is 22.7. The first-order valence-corrected chi connectivity index (χ1v) is 12.0. The van der Waals surface area contributed by atoms with Gasteiger partial charge in [-0.1, -0.05) is 30.9 Å². The molecule has 1 aromatic heterocycles. The van der Waals surface area contributed by atoms with Gasteiger partial charge in [0.2, 0.25) is 0 Å². The van der Waals surface area contributed by atoms with Crippen molar-refractivity contribution in [2.45, 2.75) is 56.4 Å². The maximum absolute atomic E-state index is 11.1. The predicted octanol–water partition coefficient (Wildman–Crippen LogP) is 6.49. The van der Waals surface area contributed by atoms with Crippen LogP contribution in [0.15, 0.2) is 65.7 Å². The smallest absolute Gasteiger partial charge is 0.303 e. The molecule has 1 aliphatic heterocycles. The van der Waals surface area contributed by atoms with Crippen molar-refractivity contribution in [3.05, 3.63) is 83.2 Å². The van der Waals surface area contributed by atoms with Crippen LogP contribution in [0, 0.1) is 13.8 Å². The Bertz CT molecular complexity index is 1080. The van der Waals surface area contributed by atoms with Crippen LogP contribution in [-0.2, 0) is 4.79 Å². The van der Waals surface area contributed by atoms with Gasteiger partial charge in [0, 0.05) is 40.4 Å². The molecular formula is C27H29NO3S. The van der Waals surface area contributed by atoms with Crippen molar-refractivity contribution in [2.75, 3.05) is 5.75 Å². The number of pyridine rings is 1. The molecule has 0 fully saturated rings. The third kappa shape index (κ3) is 4.99. The summed E-state index contributed by atoms with van der Waals surface area (Å²) in [6.45, 7) is 8.55. The summed E-state index contributed by atoms with van der Waals surface area (Å²) in [7, 11) is 0. The zero-order valence-electron chi connectivity index (χ0n) is 18.6. The molecule has 0 spiro atoms. The fourth-order valence-corrected chi connectivity index (χ4v) is 5.75. The molecule has 2 aliphatic rings. The van der Waals surface area contributed by atoms with Gasteiger partial charge in [-0.05, 0) is 67.2 Å². The maximum atomic E-state index is 11.1. The van der Waals surface area contributed by atoms with E-state index in [0.29, 0.717) is 0 Å². The average Bonchev–Trinajstić information content (AvgIpc) is 3.16. The summed E-state index contributed by atoms with van der Waals surface area (Å²) in [5, 5.41) is 9.13. The second-order valence-electron chi connectivity index (χ2n) is 8.52. The molecule has 2 aromatic rings. The first kappa shape index (κ1) is 22.4. The largest absolute Gasteiger partial charge is 0.490 e. The minimum atomic E-state index is -0.744. The van der Waals surface area contributed by atoms with Crippen LogP contribution in [0.3, 0.4) is 0 Å². The zero-order valence-corrected chi connectivity index (χ0v) is 19.5. The third-order valence-electron chi connectivity index (χ3n) is 6.15. The number of aliphatic carboxylic acids is 1. The van der Waals surface area contributed by atoms with E-state index in [2.05, 4.69) is 42.8 Å². The van der Waals surface area contributed by atoms with E-state index in [1.807, 2.05) is 31.3 Å². The number of rotatable bonds is 5. The topological polar surface area (TPSA) is 59.4 Å². The lowest BCUT2D eigenvalue weighted by Crippen LogP contribution is -2.16. The fourth-order valence-electron chi connectivity index (χ4n) is 4.47. The first-order valence-electron chi connectivity index (χ1n) is 11.0. The molecule has 5 heteroatoms. The van der Waals surface area contributed by atoms with Crippen molar-refractivity contribution in [1.82, 2.24) is 4.98 Å². The lowest BCUT2D eigenvalue weighted by molar-refractivity contribution is -0.137. The van der Waals surface area contributed by atoms with Gasteiger partial charge in [0.25, 0.3) is 0 Å². The minimum Gasteiger partial charge on any atom is -0.490 e. The molecule has 0 saturated heterocycles. The van der Waals surface area contributed by atoms with E-state index in [1.54, 1.807) is 11.8 Å².